The molecule has 2 nitrogen and oxygen atoms in total. The maximum absolute atomic E-state index is 13.1. The summed E-state index contributed by atoms with van der Waals surface area (Å²) in [6, 6.07) is 3.92. The molecule has 0 saturated heterocycles. The Morgan fingerprint density at radius 1 is 1.20 bits per heavy atom. The molecule has 1 aromatic carbocycles. The summed E-state index contributed by atoms with van der Waals surface area (Å²) in [5.74, 6) is 0. The zero-order valence-corrected chi connectivity index (χ0v) is 11.4. The Labute approximate surface area is 116 Å². The van der Waals surface area contributed by atoms with E-state index in [-0.39, 0.29) is 17.3 Å². The molecule has 1 aromatic rings. The summed E-state index contributed by atoms with van der Waals surface area (Å²) in [5, 5.41) is 0. The van der Waals surface area contributed by atoms with E-state index < -0.39 is 11.7 Å². The summed E-state index contributed by atoms with van der Waals surface area (Å²) in [5.41, 5.74) is -0.511. The van der Waals surface area contributed by atoms with Crippen LogP contribution < -0.4 is 4.90 Å². The number of carbonyl (C=O) groups excluding carboxylic acids is 1. The number of hydrogen-bond donors (Lipinski definition) is 0. The van der Waals surface area contributed by atoms with Crippen molar-refractivity contribution in [3.63, 3.8) is 0 Å². The molecule has 1 aliphatic carbocycles. The topological polar surface area (TPSA) is 20.3 Å². The standard InChI is InChI=1S/C15H18F3NO/c1-19(12-5-3-2-4-6-12)14-8-7-11(10-20)9-13(14)15(16,17)18/h7-10,12H,2-6H2,1H3. The zero-order valence-electron chi connectivity index (χ0n) is 11.4. The van der Waals surface area contributed by atoms with E-state index in [9.17, 15) is 18.0 Å². The van der Waals surface area contributed by atoms with Crippen molar-refractivity contribution in [2.75, 3.05) is 11.9 Å². The van der Waals surface area contributed by atoms with Crippen molar-refractivity contribution in [3.05, 3.63) is 29.3 Å². The van der Waals surface area contributed by atoms with Gasteiger partial charge in [0.05, 0.1) is 5.56 Å². The molecule has 0 unspecified atom stereocenters. The molecule has 0 radical (unpaired) electrons. The molecule has 0 atom stereocenters. The van der Waals surface area contributed by atoms with E-state index in [1.165, 1.54) is 12.1 Å². The normalized spacial score (nSPS) is 17.0. The molecule has 0 N–H and O–H groups in total. The fourth-order valence-electron chi connectivity index (χ4n) is 2.83. The van der Waals surface area contributed by atoms with Crippen molar-refractivity contribution in [3.8, 4) is 0 Å². The van der Waals surface area contributed by atoms with Gasteiger partial charge in [0, 0.05) is 24.3 Å². The molecule has 0 heterocycles. The van der Waals surface area contributed by atoms with Crippen LogP contribution in [0, 0.1) is 0 Å². The maximum Gasteiger partial charge on any atom is 0.418 e. The van der Waals surface area contributed by atoms with Gasteiger partial charge in [0.1, 0.15) is 6.29 Å². The fraction of sp³-hybridized carbons (Fsp3) is 0.533. The van der Waals surface area contributed by atoms with Gasteiger partial charge >= 0.3 is 6.18 Å². The molecule has 2 rings (SSSR count). The molecule has 1 fully saturated rings. The third kappa shape index (κ3) is 3.14. The van der Waals surface area contributed by atoms with Crippen molar-refractivity contribution >= 4 is 12.0 Å². The molecule has 0 spiro atoms. The van der Waals surface area contributed by atoms with Gasteiger partial charge in [0.2, 0.25) is 0 Å². The maximum atomic E-state index is 13.1. The molecule has 0 aromatic heterocycles. The molecule has 1 saturated carbocycles. The van der Waals surface area contributed by atoms with Crippen LogP contribution in [-0.4, -0.2) is 19.4 Å². The lowest BCUT2D eigenvalue weighted by atomic mass is 9.93. The summed E-state index contributed by atoms with van der Waals surface area (Å²) >= 11 is 0. The van der Waals surface area contributed by atoms with Gasteiger partial charge in [-0.05, 0) is 31.0 Å². The third-order valence-corrected chi connectivity index (χ3v) is 3.96. The first kappa shape index (κ1) is 14.9. The van der Waals surface area contributed by atoms with Gasteiger partial charge in [-0.2, -0.15) is 13.2 Å². The molecular formula is C15H18F3NO. The number of aldehydes is 1. The van der Waals surface area contributed by atoms with Crippen molar-refractivity contribution in [1.29, 1.82) is 0 Å². The minimum Gasteiger partial charge on any atom is -0.371 e. The first-order chi connectivity index (χ1) is 9.43. The first-order valence-electron chi connectivity index (χ1n) is 6.82. The quantitative estimate of drug-likeness (QED) is 0.772. The average molecular weight is 285 g/mol. The van der Waals surface area contributed by atoms with E-state index in [1.807, 2.05) is 0 Å². The molecule has 5 heteroatoms. The van der Waals surface area contributed by atoms with Gasteiger partial charge < -0.3 is 4.90 Å². The molecule has 110 valence electrons. The lowest BCUT2D eigenvalue weighted by molar-refractivity contribution is -0.137. The van der Waals surface area contributed by atoms with Gasteiger partial charge in [-0.15, -0.1) is 0 Å². The van der Waals surface area contributed by atoms with Crippen LogP contribution in [0.1, 0.15) is 48.0 Å². The number of carbonyl (C=O) groups is 1. The molecule has 0 bridgehead atoms. The fourth-order valence-corrected chi connectivity index (χ4v) is 2.83. The Morgan fingerprint density at radius 2 is 1.85 bits per heavy atom. The van der Waals surface area contributed by atoms with E-state index in [1.54, 1.807) is 11.9 Å². The third-order valence-electron chi connectivity index (χ3n) is 3.96. The van der Waals surface area contributed by atoms with E-state index in [0.29, 0.717) is 6.29 Å². The zero-order chi connectivity index (χ0) is 14.8. The van der Waals surface area contributed by atoms with Crippen LogP contribution in [0.5, 0.6) is 0 Å². The van der Waals surface area contributed by atoms with E-state index in [2.05, 4.69) is 0 Å². The second kappa shape index (κ2) is 5.85. The minimum atomic E-state index is -4.45. The number of nitrogens with zero attached hydrogens (tertiary/aromatic N) is 1. The van der Waals surface area contributed by atoms with E-state index in [4.69, 9.17) is 0 Å². The highest BCUT2D eigenvalue weighted by atomic mass is 19.4. The molecule has 0 aliphatic heterocycles. The second-order valence-electron chi connectivity index (χ2n) is 5.29. The molecule has 0 amide bonds. The first-order valence-corrected chi connectivity index (χ1v) is 6.82. The Bertz CT molecular complexity index is 478. The lowest BCUT2D eigenvalue weighted by Gasteiger charge is -2.34. The highest BCUT2D eigenvalue weighted by Gasteiger charge is 2.35. The summed E-state index contributed by atoms with van der Waals surface area (Å²) < 4.78 is 39.4. The van der Waals surface area contributed by atoms with Crippen LogP contribution in [0.3, 0.4) is 0 Å². The van der Waals surface area contributed by atoms with Crippen LogP contribution in [0.15, 0.2) is 18.2 Å². The number of rotatable bonds is 3. The predicted octanol–water partition coefficient (Wildman–Crippen LogP) is 4.29. The number of halogens is 3. The van der Waals surface area contributed by atoms with Crippen molar-refractivity contribution in [1.82, 2.24) is 0 Å². The average Bonchev–Trinajstić information content (AvgIpc) is 2.46. The monoisotopic (exact) mass is 285 g/mol. The van der Waals surface area contributed by atoms with Gasteiger partial charge in [0.15, 0.2) is 0 Å². The summed E-state index contributed by atoms with van der Waals surface area (Å²) in [7, 11) is 1.71. The Hall–Kier alpha value is -1.52. The summed E-state index contributed by atoms with van der Waals surface area (Å²) in [4.78, 5) is 12.4. The Balaban J connectivity index is 2.36. The van der Waals surface area contributed by atoms with E-state index in [0.717, 1.165) is 38.2 Å². The van der Waals surface area contributed by atoms with Crippen LogP contribution in [0.2, 0.25) is 0 Å². The number of hydrogen-bond acceptors (Lipinski definition) is 2. The predicted molar refractivity (Wildman–Crippen MR) is 72.1 cm³/mol. The largest absolute Gasteiger partial charge is 0.418 e. The minimum absolute atomic E-state index is 0.0538. The van der Waals surface area contributed by atoms with E-state index >= 15 is 0 Å². The summed E-state index contributed by atoms with van der Waals surface area (Å²) in [6.07, 6.45) is 1.11. The number of benzene rings is 1. The van der Waals surface area contributed by atoms with Gasteiger partial charge in [-0.1, -0.05) is 19.3 Å². The van der Waals surface area contributed by atoms with Crippen molar-refractivity contribution in [2.24, 2.45) is 0 Å². The SMILES string of the molecule is CN(c1ccc(C=O)cc1C(F)(F)F)C1CCCCC1. The molecule has 20 heavy (non-hydrogen) atoms. The van der Waals surface area contributed by atoms with Crippen LogP contribution in [0.25, 0.3) is 0 Å². The number of alkyl halides is 3. The highest BCUT2D eigenvalue weighted by molar-refractivity contribution is 5.77. The second-order valence-corrected chi connectivity index (χ2v) is 5.29. The van der Waals surface area contributed by atoms with Gasteiger partial charge in [-0.3, -0.25) is 4.79 Å². The molecular weight excluding hydrogens is 267 g/mol. The van der Waals surface area contributed by atoms with Gasteiger partial charge in [-0.25, -0.2) is 0 Å². The summed E-state index contributed by atoms with van der Waals surface area (Å²) in [6.45, 7) is 0. The Morgan fingerprint density at radius 3 is 2.40 bits per heavy atom. The van der Waals surface area contributed by atoms with Crippen LogP contribution in [-0.2, 0) is 6.18 Å². The van der Waals surface area contributed by atoms with Crippen molar-refractivity contribution in [2.45, 2.75) is 44.3 Å². The van der Waals surface area contributed by atoms with Gasteiger partial charge in [0.25, 0.3) is 0 Å². The van der Waals surface area contributed by atoms with Crippen LogP contribution >= 0.6 is 0 Å². The lowest BCUT2D eigenvalue weighted by Crippen LogP contribution is -2.34. The van der Waals surface area contributed by atoms with Crippen molar-refractivity contribution < 1.29 is 18.0 Å². The van der Waals surface area contributed by atoms with Crippen LogP contribution in [0.4, 0.5) is 18.9 Å². The Kier molecular flexibility index (Phi) is 4.35. The highest BCUT2D eigenvalue weighted by Crippen LogP contribution is 2.38. The number of anilines is 1. The smallest absolute Gasteiger partial charge is 0.371 e. The molecule has 1 aliphatic rings.